The van der Waals surface area contributed by atoms with Crippen molar-refractivity contribution in [2.75, 3.05) is 0 Å². The van der Waals surface area contributed by atoms with Crippen LogP contribution in [-0.2, 0) is 17.6 Å². The van der Waals surface area contributed by atoms with E-state index < -0.39 is 17.1 Å². The van der Waals surface area contributed by atoms with Gasteiger partial charge in [0.15, 0.2) is 34.7 Å². The Morgan fingerprint density at radius 1 is 0.537 bits per heavy atom. The van der Waals surface area contributed by atoms with Gasteiger partial charge in [0.1, 0.15) is 23.0 Å². The summed E-state index contributed by atoms with van der Waals surface area (Å²) in [5.74, 6) is 0.194. The van der Waals surface area contributed by atoms with Crippen molar-refractivity contribution in [1.29, 1.82) is 0 Å². The summed E-state index contributed by atoms with van der Waals surface area (Å²) >= 11 is 0. The lowest BCUT2D eigenvalue weighted by Crippen LogP contribution is -2.09. The van der Waals surface area contributed by atoms with Gasteiger partial charge in [0, 0.05) is 92.3 Å². The first-order valence-corrected chi connectivity index (χ1v) is 28.4. The largest absolute Gasteiger partial charge is 0.422 e. The minimum absolute atomic E-state index is 0.107. The molecule has 4 heterocycles. The molecule has 0 saturated carbocycles. The van der Waals surface area contributed by atoms with Gasteiger partial charge < -0.3 is 18.1 Å². The first-order valence-electron chi connectivity index (χ1n) is 26.1. The molecule has 2 atom stereocenters. The van der Waals surface area contributed by atoms with Crippen molar-refractivity contribution in [2.45, 2.75) is 80.1 Å². The molecule has 0 amide bonds. The number of aromatic nitrogens is 2. The summed E-state index contributed by atoms with van der Waals surface area (Å²) in [7, 11) is -4.39. The molecule has 402 valence electrons. The SMILES string of the molecule is C=CC(=O)c1ccc2c(c1)Cc1c(C(C)=O)ccn1P(Oc1cc(C(C)C)c3cc(C(=C)C(C)=O)ccc3c1-c1c(OP3Oc4ccc(C(=O)C=C)cc4Cc4c(C(C)=O)ccn43)cc(C(C)C)c3cc(C(=O)C(=C)C)ccc13)O2. The van der Waals surface area contributed by atoms with Gasteiger partial charge in [0.05, 0.1) is 0 Å². The highest BCUT2D eigenvalue weighted by molar-refractivity contribution is 7.46. The van der Waals surface area contributed by atoms with Crippen LogP contribution in [0.5, 0.6) is 23.0 Å². The van der Waals surface area contributed by atoms with Crippen LogP contribution in [-0.4, -0.2) is 43.4 Å². The Balaban J connectivity index is 1.30. The van der Waals surface area contributed by atoms with E-state index in [1.54, 1.807) is 73.9 Å². The number of Topliss-reactive ketones (excluding diaryl/α,β-unsaturated/α-hetero) is 4. The van der Waals surface area contributed by atoms with Crippen LogP contribution < -0.4 is 18.1 Å². The quantitative estimate of drug-likeness (QED) is 0.0490. The molecule has 0 spiro atoms. The number of ketones is 6. The van der Waals surface area contributed by atoms with Crippen molar-refractivity contribution in [3.8, 4) is 34.1 Å². The molecular formula is C66H58N2O10P2. The van der Waals surface area contributed by atoms with E-state index in [1.165, 1.54) is 32.9 Å². The van der Waals surface area contributed by atoms with E-state index in [9.17, 15) is 28.8 Å². The van der Waals surface area contributed by atoms with E-state index in [2.05, 4.69) is 54.0 Å². The lowest BCUT2D eigenvalue weighted by atomic mass is 9.84. The number of carbonyl (C=O) groups excluding carboxylic acids is 6. The van der Waals surface area contributed by atoms with E-state index in [0.717, 1.165) is 21.9 Å². The molecule has 14 heteroatoms. The summed E-state index contributed by atoms with van der Waals surface area (Å²) in [6, 6.07) is 29.2. The summed E-state index contributed by atoms with van der Waals surface area (Å²) in [4.78, 5) is 79.6. The molecule has 2 aliphatic rings. The average Bonchev–Trinajstić information content (AvgIpc) is 3.99. The Morgan fingerprint density at radius 3 is 1.34 bits per heavy atom. The fourth-order valence-corrected chi connectivity index (χ4v) is 13.4. The number of carbonyl (C=O) groups is 6. The number of hydrogen-bond acceptors (Lipinski definition) is 10. The van der Waals surface area contributed by atoms with Gasteiger partial charge in [-0.3, -0.25) is 37.4 Å². The molecular weight excluding hydrogens is 1040 g/mol. The average molecular weight is 1100 g/mol. The van der Waals surface area contributed by atoms with Gasteiger partial charge in [-0.25, -0.2) is 0 Å². The van der Waals surface area contributed by atoms with E-state index in [-0.39, 0.29) is 59.4 Å². The molecule has 0 fully saturated rings. The van der Waals surface area contributed by atoms with Gasteiger partial charge >= 0.3 is 17.1 Å². The second kappa shape index (κ2) is 21.6. The van der Waals surface area contributed by atoms with E-state index >= 15 is 0 Å². The van der Waals surface area contributed by atoms with Crippen molar-refractivity contribution in [3.63, 3.8) is 0 Å². The summed E-state index contributed by atoms with van der Waals surface area (Å²) in [6.07, 6.45) is 6.58. The smallest absolute Gasteiger partial charge is 0.421 e. The van der Waals surface area contributed by atoms with Crippen molar-refractivity contribution in [2.24, 2.45) is 0 Å². The molecule has 0 N–H and O–H groups in total. The van der Waals surface area contributed by atoms with Crippen molar-refractivity contribution in [1.82, 2.24) is 8.68 Å². The highest BCUT2D eigenvalue weighted by Crippen LogP contribution is 2.57. The van der Waals surface area contributed by atoms with Crippen LogP contribution in [0.1, 0.15) is 158 Å². The standard InChI is InChI=1S/C66H58N2O10P2/c1-13-58(72)43-17-21-60-46(27-43)31-56-48(40(11)70)23-25-67(56)79(75-60)77-62-33-52(35(3)4)54-29-42(38(9)39(10)69)15-19-50(54)64(62)65-51-20-16-45(66(74)37(7)8)30-55(51)53(36(5)6)34-63(65)78-80-68-26-24-49(41(12)71)57(68)32-47-28-44(59(73)14-2)18-22-61(47)76-80/h13-30,33-36H,1-2,7,9,31-32H2,3-6,8,10-12H3. The summed E-state index contributed by atoms with van der Waals surface area (Å²) in [6.45, 7) is 30.0. The Morgan fingerprint density at radius 2 is 0.950 bits per heavy atom. The van der Waals surface area contributed by atoms with Crippen molar-refractivity contribution >= 4 is 78.9 Å². The molecule has 2 aromatic heterocycles. The van der Waals surface area contributed by atoms with Gasteiger partial charge in [-0.2, -0.15) is 0 Å². The van der Waals surface area contributed by atoms with E-state index in [1.807, 2.05) is 51.1 Å². The Hall–Kier alpha value is -8.56. The Labute approximate surface area is 467 Å². The predicted octanol–water partition coefficient (Wildman–Crippen LogP) is 16.3. The maximum atomic E-state index is 13.8. The van der Waals surface area contributed by atoms with E-state index in [0.29, 0.717) is 112 Å². The molecule has 10 rings (SSSR count). The number of hydrogen-bond donors (Lipinski definition) is 0. The third-order valence-electron chi connectivity index (χ3n) is 14.7. The predicted molar refractivity (Wildman–Crippen MR) is 317 cm³/mol. The Kier molecular flexibility index (Phi) is 14.8. The number of benzene rings is 6. The minimum atomic E-state index is -2.20. The molecule has 80 heavy (non-hydrogen) atoms. The molecule has 12 nitrogen and oxygen atoms in total. The third kappa shape index (κ3) is 9.88. The lowest BCUT2D eigenvalue weighted by molar-refractivity contribution is -0.111. The normalized spacial score (nSPS) is 14.3. The van der Waals surface area contributed by atoms with Crippen molar-refractivity contribution < 1.29 is 46.9 Å². The molecule has 0 aliphatic carbocycles. The fraction of sp³-hybridized carbons (Fsp3) is 0.182. The Bertz CT molecular complexity index is 3820. The van der Waals surface area contributed by atoms with Gasteiger partial charge in [-0.1, -0.05) is 78.3 Å². The van der Waals surface area contributed by atoms with Gasteiger partial charge in [0.25, 0.3) is 0 Å². The fourth-order valence-electron chi connectivity index (χ4n) is 10.5. The van der Waals surface area contributed by atoms with Crippen LogP contribution in [0, 0.1) is 0 Å². The van der Waals surface area contributed by atoms with Crippen LogP contribution in [0.25, 0.3) is 38.2 Å². The third-order valence-corrected chi connectivity index (χ3v) is 17.6. The first-order chi connectivity index (χ1) is 38.2. The van der Waals surface area contributed by atoms with E-state index in [4.69, 9.17) is 18.1 Å². The van der Waals surface area contributed by atoms with Crippen LogP contribution in [0.2, 0.25) is 0 Å². The molecule has 2 unspecified atom stereocenters. The first kappa shape index (κ1) is 54.8. The van der Waals surface area contributed by atoms with Crippen molar-refractivity contribution in [3.05, 3.63) is 221 Å². The zero-order chi connectivity index (χ0) is 57.2. The second-order valence-electron chi connectivity index (χ2n) is 20.8. The maximum absolute atomic E-state index is 13.8. The molecule has 0 bridgehead atoms. The molecule has 6 aromatic carbocycles. The number of nitrogens with zero attached hydrogens (tertiary/aromatic N) is 2. The second-order valence-corrected chi connectivity index (χ2v) is 23.3. The summed E-state index contributed by atoms with van der Waals surface area (Å²) < 4.78 is 32.6. The van der Waals surface area contributed by atoms with Crippen LogP contribution >= 0.6 is 17.1 Å². The van der Waals surface area contributed by atoms with Crippen LogP contribution in [0.3, 0.4) is 0 Å². The summed E-state index contributed by atoms with van der Waals surface area (Å²) in [5.41, 5.74) is 9.04. The monoisotopic (exact) mass is 1100 g/mol. The van der Waals surface area contributed by atoms with Crippen LogP contribution in [0.15, 0.2) is 153 Å². The number of fused-ring (bicyclic) bond motifs is 6. The highest BCUT2D eigenvalue weighted by Gasteiger charge is 2.36. The number of allylic oxidation sites excluding steroid dienone is 4. The topological polar surface area (TPSA) is 149 Å². The number of rotatable bonds is 17. The maximum Gasteiger partial charge on any atom is 0.421 e. The summed E-state index contributed by atoms with van der Waals surface area (Å²) in [5, 5.41) is 2.97. The molecule has 2 aliphatic heterocycles. The zero-order valence-corrected chi connectivity index (χ0v) is 47.6. The zero-order valence-electron chi connectivity index (χ0n) is 45.8. The lowest BCUT2D eigenvalue weighted by Gasteiger charge is -2.27. The molecule has 0 saturated heterocycles. The van der Waals surface area contributed by atoms with Gasteiger partial charge in [-0.05, 0) is 168 Å². The van der Waals surface area contributed by atoms with Gasteiger partial charge in [-0.15, -0.1) is 0 Å². The van der Waals surface area contributed by atoms with Crippen LogP contribution in [0.4, 0.5) is 0 Å². The minimum Gasteiger partial charge on any atom is -0.422 e. The highest BCUT2D eigenvalue weighted by atomic mass is 31.2. The molecule has 0 radical (unpaired) electrons. The van der Waals surface area contributed by atoms with Gasteiger partial charge in [0.2, 0.25) is 0 Å². The molecule has 8 aromatic rings.